The lowest BCUT2D eigenvalue weighted by Crippen LogP contribution is -2.50. The predicted octanol–water partition coefficient (Wildman–Crippen LogP) is 7.98. The van der Waals surface area contributed by atoms with Crippen molar-refractivity contribution < 1.29 is 9.53 Å². The van der Waals surface area contributed by atoms with Crippen LogP contribution in [0.25, 0.3) is 0 Å². The molecule has 32 heavy (non-hydrogen) atoms. The average Bonchev–Trinajstić information content (AvgIpc) is 3.08. The van der Waals surface area contributed by atoms with Crippen LogP contribution in [-0.4, -0.2) is 12.1 Å². The molecule has 180 valence electrons. The Hall–Kier alpha value is -1.05. The van der Waals surface area contributed by atoms with Gasteiger partial charge in [0.2, 0.25) is 0 Å². The Morgan fingerprint density at radius 1 is 1.00 bits per heavy atom. The number of carbonyl (C=O) groups excluding carboxylic acids is 1. The highest BCUT2D eigenvalue weighted by Crippen LogP contribution is 2.66. The normalized spacial score (nSPS) is 43.2. The molecule has 4 aliphatic carbocycles. The van der Waals surface area contributed by atoms with E-state index in [0.29, 0.717) is 28.6 Å². The second-order valence-electron chi connectivity index (χ2n) is 12.8. The van der Waals surface area contributed by atoms with E-state index in [2.05, 4.69) is 59.8 Å². The molecule has 2 heteroatoms. The molecule has 0 spiro atoms. The van der Waals surface area contributed by atoms with Gasteiger partial charge in [0.25, 0.3) is 0 Å². The number of esters is 1. The van der Waals surface area contributed by atoms with Crippen molar-refractivity contribution >= 4 is 5.97 Å². The van der Waals surface area contributed by atoms with Crippen LogP contribution >= 0.6 is 0 Å². The van der Waals surface area contributed by atoms with Gasteiger partial charge in [-0.3, -0.25) is 4.79 Å². The highest BCUT2D eigenvalue weighted by atomic mass is 16.5. The highest BCUT2D eigenvalue weighted by molar-refractivity contribution is 5.66. The van der Waals surface area contributed by atoms with E-state index in [4.69, 9.17) is 4.74 Å². The minimum atomic E-state index is -0.109. The van der Waals surface area contributed by atoms with Crippen molar-refractivity contribution in [3.8, 4) is 0 Å². The Labute approximate surface area is 197 Å². The van der Waals surface area contributed by atoms with Crippen LogP contribution in [0.1, 0.15) is 99.8 Å². The molecule has 3 fully saturated rings. The Bertz CT molecular complexity index is 763. The van der Waals surface area contributed by atoms with Crippen LogP contribution in [0, 0.1) is 52.3 Å². The molecule has 3 saturated carbocycles. The molecule has 0 aromatic rings. The Morgan fingerprint density at radius 2 is 1.69 bits per heavy atom. The first-order chi connectivity index (χ1) is 15.1. The van der Waals surface area contributed by atoms with E-state index >= 15 is 0 Å². The van der Waals surface area contributed by atoms with Crippen molar-refractivity contribution in [2.45, 2.75) is 106 Å². The molecule has 0 aromatic carbocycles. The molecule has 0 saturated heterocycles. The van der Waals surface area contributed by atoms with E-state index < -0.39 is 0 Å². The molecule has 0 aromatic heterocycles. The van der Waals surface area contributed by atoms with Gasteiger partial charge in [-0.15, -0.1) is 0 Å². The standard InChI is InChI=1S/C30H48O2/c1-19(2)20(3)8-9-21(4)26-12-13-27-25-11-10-23-18-24(32-22(5)31)14-16-29(23,6)28(25)15-17-30(26,27)7/h8-9,11,19-21,23-24,26-28H,10,12-18H2,1-7H3. The lowest BCUT2D eigenvalue weighted by Gasteiger charge is -2.58. The number of hydrogen-bond acceptors (Lipinski definition) is 2. The zero-order chi connectivity index (χ0) is 23.3. The first kappa shape index (κ1) is 24.1. The van der Waals surface area contributed by atoms with Crippen molar-refractivity contribution in [2.24, 2.45) is 52.3 Å². The van der Waals surface area contributed by atoms with Gasteiger partial charge in [0.15, 0.2) is 0 Å². The van der Waals surface area contributed by atoms with Gasteiger partial charge in [-0.2, -0.15) is 0 Å². The molecule has 0 bridgehead atoms. The van der Waals surface area contributed by atoms with E-state index in [0.717, 1.165) is 36.5 Å². The van der Waals surface area contributed by atoms with Crippen molar-refractivity contribution in [3.63, 3.8) is 0 Å². The molecule has 0 N–H and O–H groups in total. The summed E-state index contributed by atoms with van der Waals surface area (Å²) < 4.78 is 5.64. The third kappa shape index (κ3) is 4.14. The largest absolute Gasteiger partial charge is 0.463 e. The van der Waals surface area contributed by atoms with Crippen molar-refractivity contribution in [1.29, 1.82) is 0 Å². The van der Waals surface area contributed by atoms with Crippen LogP contribution in [-0.2, 0) is 9.53 Å². The quantitative estimate of drug-likeness (QED) is 0.320. The summed E-state index contributed by atoms with van der Waals surface area (Å²) in [5.41, 5.74) is 2.70. The summed E-state index contributed by atoms with van der Waals surface area (Å²) in [5.74, 6) is 4.98. The Kier molecular flexibility index (Phi) is 6.74. The monoisotopic (exact) mass is 440 g/mol. The van der Waals surface area contributed by atoms with Crippen molar-refractivity contribution in [3.05, 3.63) is 23.8 Å². The lowest BCUT2D eigenvalue weighted by atomic mass is 9.47. The number of hydrogen-bond donors (Lipinski definition) is 0. The van der Waals surface area contributed by atoms with Gasteiger partial charge in [-0.05, 0) is 104 Å². The number of ether oxygens (including phenoxy) is 1. The minimum absolute atomic E-state index is 0.109. The number of allylic oxidation sites excluding steroid dienone is 4. The fraction of sp³-hybridized carbons (Fsp3) is 0.833. The summed E-state index contributed by atoms with van der Waals surface area (Å²) in [7, 11) is 0. The SMILES string of the molecule is CC(=O)OC1CCC2(C)C(CC=C3C2CCC2(C)C3CCC2C(C)C=CC(C)C(C)C)C1. The van der Waals surface area contributed by atoms with Crippen LogP contribution in [0.4, 0.5) is 0 Å². The smallest absolute Gasteiger partial charge is 0.302 e. The summed E-state index contributed by atoms with van der Waals surface area (Å²) >= 11 is 0. The van der Waals surface area contributed by atoms with Gasteiger partial charge < -0.3 is 4.74 Å². The van der Waals surface area contributed by atoms with Crippen LogP contribution in [0.2, 0.25) is 0 Å². The van der Waals surface area contributed by atoms with E-state index in [9.17, 15) is 4.79 Å². The fourth-order valence-electron chi connectivity index (χ4n) is 8.43. The van der Waals surface area contributed by atoms with Crippen LogP contribution in [0.3, 0.4) is 0 Å². The maximum atomic E-state index is 11.5. The fourth-order valence-corrected chi connectivity index (χ4v) is 8.43. The molecular formula is C30H48O2. The lowest BCUT2D eigenvalue weighted by molar-refractivity contribution is -0.152. The average molecular weight is 441 g/mol. The zero-order valence-corrected chi connectivity index (χ0v) is 21.8. The zero-order valence-electron chi connectivity index (χ0n) is 21.8. The molecule has 4 rings (SSSR count). The van der Waals surface area contributed by atoms with E-state index in [-0.39, 0.29) is 12.1 Å². The number of carbonyl (C=O) groups is 1. The maximum absolute atomic E-state index is 11.5. The predicted molar refractivity (Wildman–Crippen MR) is 133 cm³/mol. The first-order valence-electron chi connectivity index (χ1n) is 13.6. The molecule has 0 heterocycles. The molecule has 9 atom stereocenters. The van der Waals surface area contributed by atoms with Crippen LogP contribution < -0.4 is 0 Å². The first-order valence-corrected chi connectivity index (χ1v) is 13.6. The van der Waals surface area contributed by atoms with Gasteiger partial charge in [0.1, 0.15) is 6.10 Å². The summed E-state index contributed by atoms with van der Waals surface area (Å²) in [6.45, 7) is 16.3. The van der Waals surface area contributed by atoms with Crippen LogP contribution in [0.5, 0.6) is 0 Å². The van der Waals surface area contributed by atoms with Crippen molar-refractivity contribution in [1.82, 2.24) is 0 Å². The molecule has 0 amide bonds. The maximum Gasteiger partial charge on any atom is 0.302 e. The van der Waals surface area contributed by atoms with Gasteiger partial charge in [-0.25, -0.2) is 0 Å². The Morgan fingerprint density at radius 3 is 2.38 bits per heavy atom. The van der Waals surface area contributed by atoms with Crippen LogP contribution in [0.15, 0.2) is 23.8 Å². The highest BCUT2D eigenvalue weighted by Gasteiger charge is 2.58. The third-order valence-electron chi connectivity index (χ3n) is 10.8. The second kappa shape index (κ2) is 8.95. The van der Waals surface area contributed by atoms with E-state index in [1.807, 2.05) is 5.57 Å². The van der Waals surface area contributed by atoms with Gasteiger partial charge in [0.05, 0.1) is 0 Å². The minimum Gasteiger partial charge on any atom is -0.463 e. The molecule has 4 aliphatic rings. The van der Waals surface area contributed by atoms with E-state index in [1.54, 1.807) is 6.92 Å². The van der Waals surface area contributed by atoms with E-state index in [1.165, 1.54) is 38.5 Å². The molecule has 0 aliphatic heterocycles. The summed E-state index contributed by atoms with van der Waals surface area (Å²) in [6.07, 6.45) is 17.9. The Balaban J connectivity index is 1.51. The summed E-state index contributed by atoms with van der Waals surface area (Å²) in [5, 5.41) is 0. The summed E-state index contributed by atoms with van der Waals surface area (Å²) in [4.78, 5) is 11.5. The number of fused-ring (bicyclic) bond motifs is 5. The van der Waals surface area contributed by atoms with Gasteiger partial charge >= 0.3 is 5.97 Å². The topological polar surface area (TPSA) is 26.3 Å². The molecule has 2 nitrogen and oxygen atoms in total. The van der Waals surface area contributed by atoms with Gasteiger partial charge in [0, 0.05) is 6.92 Å². The third-order valence-corrected chi connectivity index (χ3v) is 10.8. The molecule has 0 radical (unpaired) electrons. The number of rotatable bonds is 5. The summed E-state index contributed by atoms with van der Waals surface area (Å²) in [6, 6.07) is 0. The van der Waals surface area contributed by atoms with Gasteiger partial charge in [-0.1, -0.05) is 65.3 Å². The van der Waals surface area contributed by atoms with Crippen molar-refractivity contribution in [2.75, 3.05) is 0 Å². The second-order valence-corrected chi connectivity index (χ2v) is 12.8. The molecule has 9 unspecified atom stereocenters. The molecular weight excluding hydrogens is 392 g/mol.